The third-order valence-corrected chi connectivity index (χ3v) is 3.99. The van der Waals surface area contributed by atoms with Crippen LogP contribution in [0.15, 0.2) is 0 Å². The van der Waals surface area contributed by atoms with Crippen molar-refractivity contribution in [2.45, 2.75) is 64.4 Å². The van der Waals surface area contributed by atoms with Gasteiger partial charge in [0.25, 0.3) is 0 Å². The fourth-order valence-corrected chi connectivity index (χ4v) is 2.84. The fraction of sp³-hybridized carbons (Fsp3) is 1.00. The third kappa shape index (κ3) is 8.39. The normalized spacial score (nSPS) is 22.0. The summed E-state index contributed by atoms with van der Waals surface area (Å²) in [7, 11) is 0. The molecule has 0 N–H and O–H groups in total. The van der Waals surface area contributed by atoms with Crippen LogP contribution in [0.2, 0.25) is 0 Å². The van der Waals surface area contributed by atoms with Crippen molar-refractivity contribution in [1.29, 1.82) is 0 Å². The van der Waals surface area contributed by atoms with Gasteiger partial charge < -0.3 is 9.64 Å². The SMILES string of the molecule is CC1CN(CCCCCCCCCS)CCCO1. The third-order valence-electron chi connectivity index (χ3n) is 3.67. The molecule has 1 aliphatic heterocycles. The van der Waals surface area contributed by atoms with Crippen molar-refractivity contribution in [1.82, 2.24) is 4.90 Å². The minimum Gasteiger partial charge on any atom is -0.377 e. The molecule has 0 aromatic heterocycles. The van der Waals surface area contributed by atoms with Gasteiger partial charge in [0.05, 0.1) is 6.10 Å². The first-order valence-electron chi connectivity index (χ1n) is 7.77. The standard InChI is InChI=1S/C15H31NOS/c1-15-14-16(11-9-12-17-15)10-7-5-3-2-4-6-8-13-18/h15,18H,2-14H2,1H3. The summed E-state index contributed by atoms with van der Waals surface area (Å²) < 4.78 is 5.67. The lowest BCUT2D eigenvalue weighted by Crippen LogP contribution is -2.31. The van der Waals surface area contributed by atoms with Crippen LogP contribution >= 0.6 is 12.6 Å². The van der Waals surface area contributed by atoms with Gasteiger partial charge in [0.15, 0.2) is 0 Å². The molecular weight excluding hydrogens is 242 g/mol. The van der Waals surface area contributed by atoms with Crippen molar-refractivity contribution in [2.75, 3.05) is 32.0 Å². The zero-order valence-corrected chi connectivity index (χ0v) is 13.0. The van der Waals surface area contributed by atoms with Gasteiger partial charge in [-0.05, 0) is 38.5 Å². The Balaban J connectivity index is 1.90. The van der Waals surface area contributed by atoms with E-state index in [9.17, 15) is 0 Å². The Kier molecular flexibility index (Phi) is 10.1. The average Bonchev–Trinajstić information content (AvgIpc) is 2.57. The van der Waals surface area contributed by atoms with Crippen molar-refractivity contribution < 1.29 is 4.74 Å². The van der Waals surface area contributed by atoms with Crippen LogP contribution in [0, 0.1) is 0 Å². The van der Waals surface area contributed by atoms with Gasteiger partial charge in [-0.3, -0.25) is 0 Å². The van der Waals surface area contributed by atoms with Crippen molar-refractivity contribution in [2.24, 2.45) is 0 Å². The number of hydrogen-bond donors (Lipinski definition) is 1. The lowest BCUT2D eigenvalue weighted by atomic mass is 10.1. The van der Waals surface area contributed by atoms with E-state index < -0.39 is 0 Å². The summed E-state index contributed by atoms with van der Waals surface area (Å²) in [6, 6.07) is 0. The Bertz CT molecular complexity index is 189. The van der Waals surface area contributed by atoms with Crippen LogP contribution in [0.3, 0.4) is 0 Å². The minimum absolute atomic E-state index is 0.425. The molecule has 1 rings (SSSR count). The first-order valence-corrected chi connectivity index (χ1v) is 8.41. The van der Waals surface area contributed by atoms with Crippen molar-refractivity contribution in [3.05, 3.63) is 0 Å². The van der Waals surface area contributed by atoms with E-state index in [4.69, 9.17) is 4.74 Å². The van der Waals surface area contributed by atoms with Gasteiger partial charge in [0.1, 0.15) is 0 Å². The maximum absolute atomic E-state index is 5.67. The maximum Gasteiger partial charge on any atom is 0.0673 e. The van der Waals surface area contributed by atoms with Crippen LogP contribution in [0.4, 0.5) is 0 Å². The molecule has 0 aliphatic carbocycles. The predicted molar refractivity (Wildman–Crippen MR) is 82.6 cm³/mol. The van der Waals surface area contributed by atoms with Gasteiger partial charge >= 0.3 is 0 Å². The van der Waals surface area contributed by atoms with Gasteiger partial charge in [-0.25, -0.2) is 0 Å². The van der Waals surface area contributed by atoms with E-state index in [1.54, 1.807) is 0 Å². The molecule has 2 nitrogen and oxygen atoms in total. The summed E-state index contributed by atoms with van der Waals surface area (Å²) in [5, 5.41) is 0. The van der Waals surface area contributed by atoms with E-state index >= 15 is 0 Å². The van der Waals surface area contributed by atoms with Gasteiger partial charge in [0.2, 0.25) is 0 Å². The van der Waals surface area contributed by atoms with Gasteiger partial charge in [-0.2, -0.15) is 12.6 Å². The Morgan fingerprint density at radius 3 is 2.44 bits per heavy atom. The van der Waals surface area contributed by atoms with Gasteiger partial charge in [-0.1, -0.05) is 32.1 Å². The molecule has 3 heteroatoms. The summed E-state index contributed by atoms with van der Waals surface area (Å²) in [5.74, 6) is 1.05. The smallest absolute Gasteiger partial charge is 0.0673 e. The zero-order valence-electron chi connectivity index (χ0n) is 12.1. The van der Waals surface area contributed by atoms with E-state index in [0.29, 0.717) is 6.10 Å². The highest BCUT2D eigenvalue weighted by atomic mass is 32.1. The van der Waals surface area contributed by atoms with Crippen LogP contribution in [0.5, 0.6) is 0 Å². The average molecular weight is 273 g/mol. The number of hydrogen-bond acceptors (Lipinski definition) is 3. The van der Waals surface area contributed by atoms with E-state index in [0.717, 1.165) is 18.9 Å². The molecule has 0 aromatic rings. The summed E-state index contributed by atoms with van der Waals surface area (Å²) in [5.41, 5.74) is 0. The number of rotatable bonds is 9. The second-order valence-corrected chi connectivity index (χ2v) is 5.98. The number of thiol groups is 1. The molecule has 0 saturated carbocycles. The largest absolute Gasteiger partial charge is 0.377 e. The van der Waals surface area contributed by atoms with Crippen LogP contribution in [0.1, 0.15) is 58.3 Å². The molecular formula is C15H31NOS. The summed E-state index contributed by atoms with van der Waals surface area (Å²) in [4.78, 5) is 2.58. The molecule has 1 atom stereocenters. The quantitative estimate of drug-likeness (QED) is 0.507. The molecule has 1 aliphatic rings. The second-order valence-electron chi connectivity index (χ2n) is 5.53. The Morgan fingerprint density at radius 2 is 1.72 bits per heavy atom. The first kappa shape index (κ1) is 16.3. The molecule has 0 spiro atoms. The number of unbranched alkanes of at least 4 members (excludes halogenated alkanes) is 6. The highest BCUT2D eigenvalue weighted by Crippen LogP contribution is 2.10. The molecule has 1 fully saturated rings. The first-order chi connectivity index (χ1) is 8.83. The van der Waals surface area contributed by atoms with E-state index in [-0.39, 0.29) is 0 Å². The van der Waals surface area contributed by atoms with Gasteiger partial charge in [0, 0.05) is 19.7 Å². The monoisotopic (exact) mass is 273 g/mol. The van der Waals surface area contributed by atoms with Crippen molar-refractivity contribution >= 4 is 12.6 Å². The fourth-order valence-electron chi connectivity index (χ4n) is 2.61. The molecule has 108 valence electrons. The van der Waals surface area contributed by atoms with Crippen LogP contribution in [-0.2, 0) is 4.74 Å². The maximum atomic E-state index is 5.67. The molecule has 1 heterocycles. The Labute approximate surface area is 119 Å². The zero-order chi connectivity index (χ0) is 13.1. The molecule has 1 saturated heterocycles. The van der Waals surface area contributed by atoms with Gasteiger partial charge in [-0.15, -0.1) is 0 Å². The Hall–Kier alpha value is 0.270. The molecule has 0 radical (unpaired) electrons. The molecule has 0 amide bonds. The van der Waals surface area contributed by atoms with Crippen LogP contribution in [-0.4, -0.2) is 43.0 Å². The van der Waals surface area contributed by atoms with Crippen molar-refractivity contribution in [3.63, 3.8) is 0 Å². The summed E-state index contributed by atoms with van der Waals surface area (Å²) in [6.45, 7) is 6.77. The van der Waals surface area contributed by atoms with E-state index in [2.05, 4.69) is 24.5 Å². The van der Waals surface area contributed by atoms with Crippen LogP contribution < -0.4 is 0 Å². The molecule has 0 aromatic carbocycles. The topological polar surface area (TPSA) is 12.5 Å². The highest BCUT2D eigenvalue weighted by molar-refractivity contribution is 7.80. The predicted octanol–water partition coefficient (Wildman–Crippen LogP) is 3.76. The number of ether oxygens (including phenoxy) is 1. The molecule has 0 bridgehead atoms. The van der Waals surface area contributed by atoms with Crippen molar-refractivity contribution in [3.8, 4) is 0 Å². The van der Waals surface area contributed by atoms with Crippen LogP contribution in [0.25, 0.3) is 0 Å². The summed E-state index contributed by atoms with van der Waals surface area (Å²) in [6.07, 6.45) is 11.3. The van der Waals surface area contributed by atoms with E-state index in [1.165, 1.54) is 64.5 Å². The Morgan fingerprint density at radius 1 is 1.06 bits per heavy atom. The number of nitrogens with zero attached hydrogens (tertiary/aromatic N) is 1. The second kappa shape index (κ2) is 11.1. The minimum atomic E-state index is 0.425. The summed E-state index contributed by atoms with van der Waals surface area (Å²) >= 11 is 4.24. The molecule has 18 heavy (non-hydrogen) atoms. The molecule has 1 unspecified atom stereocenters. The van der Waals surface area contributed by atoms with E-state index in [1.807, 2.05) is 0 Å². The highest BCUT2D eigenvalue weighted by Gasteiger charge is 2.13. The lowest BCUT2D eigenvalue weighted by Gasteiger charge is -2.21. The lowest BCUT2D eigenvalue weighted by molar-refractivity contribution is 0.0675.